The zero-order valence-corrected chi connectivity index (χ0v) is 12.0. The lowest BCUT2D eigenvalue weighted by Crippen LogP contribution is -2.25. The summed E-state index contributed by atoms with van der Waals surface area (Å²) in [5.41, 5.74) is 0.622. The lowest BCUT2D eigenvalue weighted by Gasteiger charge is -2.16. The highest BCUT2D eigenvalue weighted by Crippen LogP contribution is 2.11. The lowest BCUT2D eigenvalue weighted by molar-refractivity contribution is -0.140. The number of methoxy groups -OCH3 is 1. The molecule has 5 nitrogen and oxygen atoms in total. The van der Waals surface area contributed by atoms with Crippen molar-refractivity contribution < 1.29 is 14.3 Å². The van der Waals surface area contributed by atoms with Gasteiger partial charge in [0.05, 0.1) is 18.7 Å². The largest absolute Gasteiger partial charge is 0.492 e. The quantitative estimate of drug-likeness (QED) is 0.678. The van der Waals surface area contributed by atoms with Crippen molar-refractivity contribution >= 4 is 5.97 Å². The van der Waals surface area contributed by atoms with Gasteiger partial charge in [-0.3, -0.25) is 4.79 Å². The van der Waals surface area contributed by atoms with Crippen LogP contribution in [0.2, 0.25) is 0 Å². The van der Waals surface area contributed by atoms with Gasteiger partial charge in [0.25, 0.3) is 0 Å². The summed E-state index contributed by atoms with van der Waals surface area (Å²) in [6.07, 6.45) is 1.22. The summed E-state index contributed by atoms with van der Waals surface area (Å²) in [4.78, 5) is 13.1. The number of rotatable bonds is 8. The van der Waals surface area contributed by atoms with Gasteiger partial charge < -0.3 is 14.4 Å². The van der Waals surface area contributed by atoms with Crippen LogP contribution >= 0.6 is 0 Å². The van der Waals surface area contributed by atoms with Gasteiger partial charge in [-0.05, 0) is 44.3 Å². The van der Waals surface area contributed by atoms with Gasteiger partial charge in [0.1, 0.15) is 12.4 Å². The molecular weight excluding hydrogens is 256 g/mol. The van der Waals surface area contributed by atoms with Gasteiger partial charge in [-0.15, -0.1) is 0 Å². The first kappa shape index (κ1) is 16.0. The Kier molecular flexibility index (Phi) is 7.15. The lowest BCUT2D eigenvalue weighted by atomic mass is 10.2. The molecule has 108 valence electrons. The van der Waals surface area contributed by atoms with Crippen LogP contribution in [0.5, 0.6) is 5.75 Å². The molecule has 0 saturated carbocycles. The number of carbonyl (C=O) groups is 1. The Morgan fingerprint density at radius 3 is 2.60 bits per heavy atom. The van der Waals surface area contributed by atoms with Crippen LogP contribution in [0.15, 0.2) is 24.3 Å². The number of carbonyl (C=O) groups excluding carboxylic acids is 1. The number of nitriles is 1. The third-order valence-electron chi connectivity index (χ3n) is 2.87. The molecule has 0 fully saturated rings. The molecule has 1 rings (SSSR count). The molecule has 0 aliphatic heterocycles. The summed E-state index contributed by atoms with van der Waals surface area (Å²) in [7, 11) is 3.39. The second kappa shape index (κ2) is 8.94. The molecule has 0 aromatic heterocycles. The van der Waals surface area contributed by atoms with E-state index in [9.17, 15) is 4.79 Å². The van der Waals surface area contributed by atoms with Gasteiger partial charge in [0.2, 0.25) is 0 Å². The maximum Gasteiger partial charge on any atom is 0.305 e. The molecule has 0 atom stereocenters. The molecule has 0 saturated heterocycles. The van der Waals surface area contributed by atoms with Crippen molar-refractivity contribution in [3.05, 3.63) is 29.8 Å². The molecule has 0 spiro atoms. The maximum atomic E-state index is 11.0. The highest BCUT2D eigenvalue weighted by molar-refractivity contribution is 5.69. The summed E-state index contributed by atoms with van der Waals surface area (Å²) < 4.78 is 10.2. The normalized spacial score (nSPS) is 10.1. The minimum Gasteiger partial charge on any atom is -0.492 e. The fourth-order valence-electron chi connectivity index (χ4n) is 1.65. The van der Waals surface area contributed by atoms with E-state index in [2.05, 4.69) is 15.7 Å². The van der Waals surface area contributed by atoms with Gasteiger partial charge in [-0.1, -0.05) is 0 Å². The monoisotopic (exact) mass is 276 g/mol. The smallest absolute Gasteiger partial charge is 0.305 e. The van der Waals surface area contributed by atoms with Crippen LogP contribution in [0.25, 0.3) is 0 Å². The fourth-order valence-corrected chi connectivity index (χ4v) is 1.65. The number of ether oxygens (including phenoxy) is 2. The van der Waals surface area contributed by atoms with Crippen molar-refractivity contribution in [1.82, 2.24) is 4.90 Å². The predicted molar refractivity (Wildman–Crippen MR) is 75.4 cm³/mol. The second-order valence-corrected chi connectivity index (χ2v) is 4.47. The van der Waals surface area contributed by atoms with E-state index < -0.39 is 0 Å². The number of hydrogen-bond donors (Lipinski definition) is 0. The third kappa shape index (κ3) is 6.21. The molecule has 0 aliphatic rings. The van der Waals surface area contributed by atoms with E-state index in [0.29, 0.717) is 18.6 Å². The minimum atomic E-state index is -0.174. The van der Waals surface area contributed by atoms with E-state index in [1.807, 2.05) is 7.05 Å². The van der Waals surface area contributed by atoms with Crippen LogP contribution in [0, 0.1) is 11.3 Å². The summed E-state index contributed by atoms with van der Waals surface area (Å²) in [6.45, 7) is 2.17. The highest BCUT2D eigenvalue weighted by Gasteiger charge is 2.03. The zero-order valence-electron chi connectivity index (χ0n) is 12.0. The van der Waals surface area contributed by atoms with Crippen molar-refractivity contribution in [2.75, 3.05) is 33.9 Å². The molecule has 0 N–H and O–H groups in total. The summed E-state index contributed by atoms with van der Waals surface area (Å²) in [5.74, 6) is 0.583. The standard InChI is InChI=1S/C15H20N2O3/c1-17(9-3-4-15(18)19-2)10-11-20-14-7-5-13(12-16)6-8-14/h5-8H,3-4,9-11H2,1-2H3. The Morgan fingerprint density at radius 1 is 1.30 bits per heavy atom. The van der Waals surface area contributed by atoms with E-state index in [-0.39, 0.29) is 5.97 Å². The van der Waals surface area contributed by atoms with E-state index >= 15 is 0 Å². The molecular formula is C15H20N2O3. The zero-order chi connectivity index (χ0) is 14.8. The van der Waals surface area contributed by atoms with Gasteiger partial charge in [0, 0.05) is 13.0 Å². The first-order chi connectivity index (χ1) is 9.65. The minimum absolute atomic E-state index is 0.174. The Morgan fingerprint density at radius 2 is 2.00 bits per heavy atom. The average molecular weight is 276 g/mol. The van der Waals surface area contributed by atoms with Crippen molar-refractivity contribution in [1.29, 1.82) is 5.26 Å². The molecule has 0 unspecified atom stereocenters. The highest BCUT2D eigenvalue weighted by atomic mass is 16.5. The topological polar surface area (TPSA) is 62.6 Å². The van der Waals surface area contributed by atoms with Gasteiger partial charge in [0.15, 0.2) is 0 Å². The molecule has 0 heterocycles. The van der Waals surface area contributed by atoms with Crippen molar-refractivity contribution in [3.63, 3.8) is 0 Å². The molecule has 5 heteroatoms. The van der Waals surface area contributed by atoms with E-state index in [0.717, 1.165) is 25.3 Å². The van der Waals surface area contributed by atoms with Crippen molar-refractivity contribution in [2.45, 2.75) is 12.8 Å². The molecule has 0 radical (unpaired) electrons. The first-order valence-corrected chi connectivity index (χ1v) is 6.54. The number of nitrogens with zero attached hydrogens (tertiary/aromatic N) is 2. The fraction of sp³-hybridized carbons (Fsp3) is 0.467. The van der Waals surface area contributed by atoms with Crippen LogP contribution in [0.1, 0.15) is 18.4 Å². The second-order valence-electron chi connectivity index (χ2n) is 4.47. The van der Waals surface area contributed by atoms with Crippen LogP contribution in [-0.2, 0) is 9.53 Å². The number of benzene rings is 1. The average Bonchev–Trinajstić information content (AvgIpc) is 2.47. The summed E-state index contributed by atoms with van der Waals surface area (Å²) in [5, 5.41) is 8.69. The third-order valence-corrected chi connectivity index (χ3v) is 2.87. The van der Waals surface area contributed by atoms with Crippen molar-refractivity contribution in [2.24, 2.45) is 0 Å². The van der Waals surface area contributed by atoms with Crippen LogP contribution in [0.3, 0.4) is 0 Å². The molecule has 0 amide bonds. The Hall–Kier alpha value is -2.06. The Balaban J connectivity index is 2.16. The maximum absolute atomic E-state index is 11.0. The SMILES string of the molecule is COC(=O)CCCN(C)CCOc1ccc(C#N)cc1. The van der Waals surface area contributed by atoms with Gasteiger partial charge in [-0.2, -0.15) is 5.26 Å². The van der Waals surface area contributed by atoms with Crippen LogP contribution in [0.4, 0.5) is 0 Å². The van der Waals surface area contributed by atoms with Gasteiger partial charge in [-0.25, -0.2) is 0 Å². The Labute approximate surface area is 119 Å². The number of esters is 1. The molecule has 0 aliphatic carbocycles. The van der Waals surface area contributed by atoms with Crippen LogP contribution < -0.4 is 4.74 Å². The number of hydrogen-bond acceptors (Lipinski definition) is 5. The molecule has 1 aromatic carbocycles. The predicted octanol–water partition coefficient (Wildman–Crippen LogP) is 1.82. The van der Waals surface area contributed by atoms with Crippen molar-refractivity contribution in [3.8, 4) is 11.8 Å². The summed E-state index contributed by atoms with van der Waals surface area (Å²) >= 11 is 0. The van der Waals surface area contributed by atoms with E-state index in [1.54, 1.807) is 24.3 Å². The van der Waals surface area contributed by atoms with E-state index in [4.69, 9.17) is 10.00 Å². The summed E-state index contributed by atoms with van der Waals surface area (Å²) in [6, 6.07) is 9.10. The van der Waals surface area contributed by atoms with Gasteiger partial charge >= 0.3 is 5.97 Å². The van der Waals surface area contributed by atoms with Crippen LogP contribution in [-0.4, -0.2) is 44.7 Å². The first-order valence-electron chi connectivity index (χ1n) is 6.54. The number of likely N-dealkylation sites (N-methyl/N-ethyl adjacent to an activating group) is 1. The molecule has 0 bridgehead atoms. The molecule has 1 aromatic rings. The Bertz CT molecular complexity index is 451. The van der Waals surface area contributed by atoms with E-state index in [1.165, 1.54) is 7.11 Å². The molecule has 20 heavy (non-hydrogen) atoms.